The summed E-state index contributed by atoms with van der Waals surface area (Å²) in [7, 11) is 0. The third-order valence-electron chi connectivity index (χ3n) is 7.97. The molecule has 3 amide bonds. The van der Waals surface area contributed by atoms with Crippen molar-refractivity contribution in [1.82, 2.24) is 10.2 Å². The number of carbonyl (C=O) groups is 3. The fraction of sp³-hybridized carbons (Fsp3) is 0.276. The smallest absolute Gasteiger partial charge is 0.250 e. The molecule has 2 fully saturated rings. The summed E-state index contributed by atoms with van der Waals surface area (Å²) in [4.78, 5) is 42.8. The number of phenolic OH excluding ortho intramolecular Hbond substituents is 2. The minimum absolute atomic E-state index is 0.209. The number of amides is 3. The van der Waals surface area contributed by atoms with Gasteiger partial charge in [0.2, 0.25) is 17.7 Å². The lowest BCUT2D eigenvalue weighted by molar-refractivity contribution is -0.142. The second-order valence-electron chi connectivity index (χ2n) is 10.3. The first kappa shape index (κ1) is 24.5. The van der Waals surface area contributed by atoms with Crippen molar-refractivity contribution >= 4 is 35.0 Å². The Bertz CT molecular complexity index is 1490. The predicted molar refractivity (Wildman–Crippen MR) is 141 cm³/mol. The Labute approximate surface area is 224 Å². The summed E-state index contributed by atoms with van der Waals surface area (Å²) >= 11 is 6.50. The van der Waals surface area contributed by atoms with E-state index in [1.54, 1.807) is 12.1 Å². The molecule has 9 heteroatoms. The molecule has 0 saturated carbocycles. The van der Waals surface area contributed by atoms with Crippen LogP contribution in [-0.4, -0.2) is 45.4 Å². The van der Waals surface area contributed by atoms with Gasteiger partial charge < -0.3 is 15.5 Å². The monoisotopic (exact) mass is 531 g/mol. The van der Waals surface area contributed by atoms with E-state index >= 15 is 0 Å². The van der Waals surface area contributed by atoms with Gasteiger partial charge in [-0.25, -0.2) is 0 Å². The number of hydrogen-bond donors (Lipinski definition) is 4. The second kappa shape index (κ2) is 8.85. The highest BCUT2D eigenvalue weighted by molar-refractivity contribution is 6.35. The SMILES string of the molecule is Cc1cc(Cl)c2c(c1)C1(NC(Cc3ccc(O)c(O)c3)[C@H]3C(=O)N(CCc4ccccc4)C(=O)[C@H]31)C(=O)N2. The number of benzene rings is 3. The van der Waals surface area contributed by atoms with E-state index in [9.17, 15) is 24.6 Å². The normalized spacial score (nSPS) is 25.7. The summed E-state index contributed by atoms with van der Waals surface area (Å²) < 4.78 is 0. The molecule has 3 aromatic carbocycles. The van der Waals surface area contributed by atoms with Crippen LogP contribution in [0.2, 0.25) is 5.02 Å². The van der Waals surface area contributed by atoms with E-state index in [0.717, 1.165) is 11.1 Å². The number of phenols is 2. The number of hydrogen-bond acceptors (Lipinski definition) is 6. The molecule has 3 aliphatic rings. The van der Waals surface area contributed by atoms with E-state index in [1.165, 1.54) is 17.0 Å². The zero-order valence-corrected chi connectivity index (χ0v) is 21.3. The van der Waals surface area contributed by atoms with Crippen molar-refractivity contribution in [2.24, 2.45) is 11.8 Å². The van der Waals surface area contributed by atoms with Gasteiger partial charge >= 0.3 is 0 Å². The van der Waals surface area contributed by atoms with Crippen LogP contribution in [0.3, 0.4) is 0 Å². The largest absolute Gasteiger partial charge is 0.504 e. The lowest BCUT2D eigenvalue weighted by Crippen LogP contribution is -2.53. The molecule has 194 valence electrons. The van der Waals surface area contributed by atoms with E-state index in [2.05, 4.69) is 10.6 Å². The van der Waals surface area contributed by atoms with Gasteiger partial charge in [-0.1, -0.05) is 54.1 Å². The molecular weight excluding hydrogens is 506 g/mol. The second-order valence-corrected chi connectivity index (χ2v) is 10.7. The molecule has 0 radical (unpaired) electrons. The van der Waals surface area contributed by atoms with Gasteiger partial charge in [-0.05, 0) is 54.7 Å². The standard InChI is InChI=1S/C29H26ClN3O5/c1-15-11-18-25(19(30)12-15)31-28(38)29(18)24-23(20(32-29)13-17-7-8-21(34)22(35)14-17)26(36)33(27(24)37)10-9-16-5-3-2-4-6-16/h2-8,11-12,14,20,23-24,32,34-35H,9-10,13H2,1H3,(H,31,38)/t20?,23-,24+,29?/m1/s1. The van der Waals surface area contributed by atoms with Crippen LogP contribution < -0.4 is 10.6 Å². The Hall–Kier alpha value is -3.88. The number of fused-ring (bicyclic) bond motifs is 4. The lowest BCUT2D eigenvalue weighted by Gasteiger charge is -2.30. The van der Waals surface area contributed by atoms with Crippen LogP contribution in [0.1, 0.15) is 22.3 Å². The van der Waals surface area contributed by atoms with E-state index in [1.807, 2.05) is 43.3 Å². The zero-order valence-electron chi connectivity index (χ0n) is 20.6. The molecule has 0 aromatic heterocycles. The molecule has 3 aliphatic heterocycles. The van der Waals surface area contributed by atoms with Crippen molar-refractivity contribution in [1.29, 1.82) is 0 Å². The Balaban J connectivity index is 1.42. The number of anilines is 1. The van der Waals surface area contributed by atoms with Crippen LogP contribution >= 0.6 is 11.6 Å². The van der Waals surface area contributed by atoms with E-state index < -0.39 is 29.3 Å². The molecule has 3 heterocycles. The van der Waals surface area contributed by atoms with Crippen LogP contribution in [0.5, 0.6) is 11.5 Å². The van der Waals surface area contributed by atoms with Gasteiger partial charge in [0.1, 0.15) is 5.54 Å². The third-order valence-corrected chi connectivity index (χ3v) is 8.27. The highest BCUT2D eigenvalue weighted by Crippen LogP contribution is 2.54. The molecule has 3 aromatic rings. The number of aryl methyl sites for hydroxylation is 1. The maximum atomic E-state index is 14.0. The number of halogens is 1. The molecule has 2 unspecified atom stereocenters. The fourth-order valence-corrected chi connectivity index (χ4v) is 6.61. The lowest BCUT2D eigenvalue weighted by atomic mass is 9.76. The van der Waals surface area contributed by atoms with Gasteiger partial charge in [0.25, 0.3) is 0 Å². The molecule has 1 spiro atoms. The Morgan fingerprint density at radius 3 is 2.45 bits per heavy atom. The molecule has 4 atom stereocenters. The first-order valence-electron chi connectivity index (χ1n) is 12.5. The summed E-state index contributed by atoms with van der Waals surface area (Å²) in [6.45, 7) is 2.07. The molecule has 38 heavy (non-hydrogen) atoms. The van der Waals surface area contributed by atoms with Gasteiger partial charge in [-0.3, -0.25) is 24.6 Å². The Morgan fingerprint density at radius 2 is 1.71 bits per heavy atom. The highest BCUT2D eigenvalue weighted by Gasteiger charge is 2.70. The topological polar surface area (TPSA) is 119 Å². The van der Waals surface area contributed by atoms with E-state index in [4.69, 9.17) is 11.6 Å². The number of imide groups is 1. The quantitative estimate of drug-likeness (QED) is 0.296. The number of rotatable bonds is 5. The first-order chi connectivity index (χ1) is 18.2. The average molecular weight is 532 g/mol. The van der Waals surface area contributed by atoms with Crippen molar-refractivity contribution in [3.63, 3.8) is 0 Å². The maximum absolute atomic E-state index is 14.0. The van der Waals surface area contributed by atoms with Gasteiger partial charge in [0.05, 0.1) is 22.5 Å². The number of nitrogens with zero attached hydrogens (tertiary/aromatic N) is 1. The van der Waals surface area contributed by atoms with Crippen LogP contribution in [0.4, 0.5) is 5.69 Å². The summed E-state index contributed by atoms with van der Waals surface area (Å²) in [5.41, 5.74) is 2.02. The number of nitrogens with one attached hydrogen (secondary N) is 2. The predicted octanol–water partition coefficient (Wildman–Crippen LogP) is 3.27. The number of aromatic hydroxyl groups is 2. The summed E-state index contributed by atoms with van der Waals surface area (Å²) in [5, 5.41) is 26.4. The third kappa shape index (κ3) is 3.59. The summed E-state index contributed by atoms with van der Waals surface area (Å²) in [6.07, 6.45) is 0.757. The molecule has 2 saturated heterocycles. The summed E-state index contributed by atoms with van der Waals surface area (Å²) in [6, 6.07) is 17.1. The molecule has 0 bridgehead atoms. The fourth-order valence-electron chi connectivity index (χ4n) is 6.28. The van der Waals surface area contributed by atoms with Crippen molar-refractivity contribution in [3.8, 4) is 11.5 Å². The van der Waals surface area contributed by atoms with Crippen molar-refractivity contribution < 1.29 is 24.6 Å². The van der Waals surface area contributed by atoms with Gasteiger partial charge in [0, 0.05) is 18.2 Å². The average Bonchev–Trinajstić information content (AvgIpc) is 3.46. The van der Waals surface area contributed by atoms with Crippen LogP contribution in [0.15, 0.2) is 60.7 Å². The first-order valence-corrected chi connectivity index (χ1v) is 12.9. The van der Waals surface area contributed by atoms with Crippen molar-refractivity contribution in [2.45, 2.75) is 31.3 Å². The molecule has 8 nitrogen and oxygen atoms in total. The Kier molecular flexibility index (Phi) is 5.70. The number of likely N-dealkylation sites (tertiary alicyclic amines) is 1. The van der Waals surface area contributed by atoms with Crippen LogP contribution in [-0.2, 0) is 32.8 Å². The van der Waals surface area contributed by atoms with Crippen LogP contribution in [0.25, 0.3) is 0 Å². The molecule has 4 N–H and O–H groups in total. The van der Waals surface area contributed by atoms with Gasteiger partial charge in [-0.2, -0.15) is 0 Å². The van der Waals surface area contributed by atoms with Gasteiger partial charge in [-0.15, -0.1) is 0 Å². The van der Waals surface area contributed by atoms with E-state index in [0.29, 0.717) is 28.3 Å². The zero-order chi connectivity index (χ0) is 26.8. The van der Waals surface area contributed by atoms with Crippen molar-refractivity contribution in [3.05, 3.63) is 87.9 Å². The Morgan fingerprint density at radius 1 is 0.947 bits per heavy atom. The van der Waals surface area contributed by atoms with Crippen LogP contribution in [0, 0.1) is 18.8 Å². The summed E-state index contributed by atoms with van der Waals surface area (Å²) in [5.74, 6) is -3.43. The minimum atomic E-state index is -1.46. The van der Waals surface area contributed by atoms with Gasteiger partial charge in [0.15, 0.2) is 11.5 Å². The van der Waals surface area contributed by atoms with Crippen molar-refractivity contribution in [2.75, 3.05) is 11.9 Å². The maximum Gasteiger partial charge on any atom is 0.250 e. The molecule has 6 rings (SSSR count). The molecular formula is C29H26ClN3O5. The molecule has 0 aliphatic carbocycles. The minimum Gasteiger partial charge on any atom is -0.504 e. The number of carbonyl (C=O) groups excluding carboxylic acids is 3. The highest BCUT2D eigenvalue weighted by atomic mass is 35.5. The van der Waals surface area contributed by atoms with E-state index in [-0.39, 0.29) is 36.3 Å².